The van der Waals surface area contributed by atoms with Crippen molar-refractivity contribution in [3.63, 3.8) is 0 Å². The van der Waals surface area contributed by atoms with Crippen molar-refractivity contribution in [3.05, 3.63) is 0 Å². The summed E-state index contributed by atoms with van der Waals surface area (Å²) in [6.45, 7) is 9.45. The van der Waals surface area contributed by atoms with Gasteiger partial charge in [0.25, 0.3) is 0 Å². The molecule has 0 bridgehead atoms. The van der Waals surface area contributed by atoms with Crippen LogP contribution in [0.1, 0.15) is 20.8 Å². The quantitative estimate of drug-likeness (QED) is 0.662. The first-order chi connectivity index (χ1) is 6.65. The Morgan fingerprint density at radius 2 is 2.00 bits per heavy atom. The molecule has 1 aliphatic rings. The zero-order valence-corrected chi connectivity index (χ0v) is 9.34. The minimum Gasteiger partial charge on any atom is -0.355 e. The Morgan fingerprint density at radius 3 is 2.50 bits per heavy atom. The Morgan fingerprint density at radius 1 is 1.43 bits per heavy atom. The summed E-state index contributed by atoms with van der Waals surface area (Å²) in [6.07, 6.45) is 0. The number of nitrogens with one attached hydrogen (secondary N) is 2. The lowest BCUT2D eigenvalue weighted by Gasteiger charge is -2.38. The fourth-order valence-corrected chi connectivity index (χ4v) is 1.90. The molecule has 2 N–H and O–H groups in total. The van der Waals surface area contributed by atoms with Crippen molar-refractivity contribution in [2.75, 3.05) is 26.2 Å². The summed E-state index contributed by atoms with van der Waals surface area (Å²) in [6, 6.07) is 0.891. The summed E-state index contributed by atoms with van der Waals surface area (Å²) in [5, 5.41) is 6.18. The molecule has 1 heterocycles. The van der Waals surface area contributed by atoms with Crippen molar-refractivity contribution in [1.29, 1.82) is 0 Å². The third kappa shape index (κ3) is 2.96. The molecule has 1 saturated heterocycles. The second kappa shape index (κ2) is 5.32. The lowest BCUT2D eigenvalue weighted by Crippen LogP contribution is -2.57. The van der Waals surface area contributed by atoms with Crippen LogP contribution < -0.4 is 10.6 Å². The molecule has 1 amide bonds. The molecule has 1 aliphatic heterocycles. The molecule has 0 aromatic rings. The zero-order valence-electron chi connectivity index (χ0n) is 9.34. The van der Waals surface area contributed by atoms with E-state index in [1.807, 2.05) is 6.92 Å². The first-order valence-corrected chi connectivity index (χ1v) is 5.38. The van der Waals surface area contributed by atoms with Gasteiger partial charge in [-0.2, -0.15) is 0 Å². The third-order valence-corrected chi connectivity index (χ3v) is 2.71. The number of nitrogens with zero attached hydrogens (tertiary/aromatic N) is 1. The largest absolute Gasteiger partial charge is 0.355 e. The van der Waals surface area contributed by atoms with Crippen molar-refractivity contribution in [1.82, 2.24) is 15.5 Å². The van der Waals surface area contributed by atoms with Crippen LogP contribution in [0.4, 0.5) is 0 Å². The predicted octanol–water partition coefficient (Wildman–Crippen LogP) is -0.195. The minimum absolute atomic E-state index is 0.132. The molecule has 0 aromatic heterocycles. The summed E-state index contributed by atoms with van der Waals surface area (Å²) < 4.78 is 0. The average molecular weight is 199 g/mol. The van der Waals surface area contributed by atoms with Crippen LogP contribution in [0.15, 0.2) is 0 Å². The van der Waals surface area contributed by atoms with Crippen LogP contribution >= 0.6 is 0 Å². The van der Waals surface area contributed by atoms with Gasteiger partial charge in [0.05, 0.1) is 6.54 Å². The van der Waals surface area contributed by atoms with Crippen LogP contribution in [-0.4, -0.2) is 49.1 Å². The van der Waals surface area contributed by atoms with E-state index in [9.17, 15) is 4.79 Å². The number of hydrogen-bond donors (Lipinski definition) is 2. The smallest absolute Gasteiger partial charge is 0.234 e. The molecule has 0 unspecified atom stereocenters. The summed E-state index contributed by atoms with van der Waals surface area (Å²) >= 11 is 0. The van der Waals surface area contributed by atoms with E-state index in [-0.39, 0.29) is 5.91 Å². The van der Waals surface area contributed by atoms with E-state index in [1.165, 1.54) is 0 Å². The topological polar surface area (TPSA) is 44.4 Å². The number of piperazine rings is 1. The SMILES string of the molecule is CCNC(=O)CN1[C@H](C)CNC[C@@H]1C. The highest BCUT2D eigenvalue weighted by molar-refractivity contribution is 5.78. The average Bonchev–Trinajstić information content (AvgIpc) is 2.12. The number of hydrogen-bond acceptors (Lipinski definition) is 3. The highest BCUT2D eigenvalue weighted by atomic mass is 16.2. The van der Waals surface area contributed by atoms with Gasteiger partial charge < -0.3 is 10.6 Å². The maximum Gasteiger partial charge on any atom is 0.234 e. The zero-order chi connectivity index (χ0) is 10.6. The van der Waals surface area contributed by atoms with Gasteiger partial charge in [-0.25, -0.2) is 0 Å². The first kappa shape index (κ1) is 11.5. The number of carbonyl (C=O) groups excluding carboxylic acids is 1. The summed E-state index contributed by atoms with van der Waals surface area (Å²) in [5.41, 5.74) is 0. The molecule has 4 heteroatoms. The summed E-state index contributed by atoms with van der Waals surface area (Å²) in [7, 11) is 0. The maximum atomic E-state index is 11.4. The fourth-order valence-electron chi connectivity index (χ4n) is 1.90. The van der Waals surface area contributed by atoms with Crippen molar-refractivity contribution < 1.29 is 4.79 Å². The monoisotopic (exact) mass is 199 g/mol. The predicted molar refractivity (Wildman–Crippen MR) is 57.2 cm³/mol. The Labute approximate surface area is 86.0 Å². The normalized spacial score (nSPS) is 28.8. The molecule has 0 saturated carbocycles. The van der Waals surface area contributed by atoms with E-state index >= 15 is 0 Å². The molecule has 0 aliphatic carbocycles. The van der Waals surface area contributed by atoms with Gasteiger partial charge in [0.1, 0.15) is 0 Å². The standard InChI is InChI=1S/C10H21N3O/c1-4-12-10(14)7-13-8(2)5-11-6-9(13)3/h8-9,11H,4-7H2,1-3H3,(H,12,14)/t8-,9+. The Hall–Kier alpha value is -0.610. The minimum atomic E-state index is 0.132. The molecule has 82 valence electrons. The number of carbonyl (C=O) groups is 1. The van der Waals surface area contributed by atoms with Gasteiger partial charge in [-0.1, -0.05) is 0 Å². The number of likely N-dealkylation sites (N-methyl/N-ethyl adjacent to an activating group) is 1. The first-order valence-electron chi connectivity index (χ1n) is 5.38. The van der Waals surface area contributed by atoms with Crippen LogP contribution in [0.5, 0.6) is 0 Å². The number of rotatable bonds is 3. The van der Waals surface area contributed by atoms with Gasteiger partial charge in [-0.3, -0.25) is 9.69 Å². The van der Waals surface area contributed by atoms with Crippen LogP contribution in [0.2, 0.25) is 0 Å². The van der Waals surface area contributed by atoms with Gasteiger partial charge >= 0.3 is 0 Å². The molecule has 4 nitrogen and oxygen atoms in total. The van der Waals surface area contributed by atoms with E-state index < -0.39 is 0 Å². The second-order valence-electron chi connectivity index (χ2n) is 3.98. The van der Waals surface area contributed by atoms with Gasteiger partial charge in [0.2, 0.25) is 5.91 Å². The molecular weight excluding hydrogens is 178 g/mol. The molecule has 2 atom stereocenters. The molecule has 1 fully saturated rings. The van der Waals surface area contributed by atoms with E-state index in [4.69, 9.17) is 0 Å². The Kier molecular flexibility index (Phi) is 4.35. The summed E-state index contributed by atoms with van der Waals surface area (Å²) in [5.74, 6) is 0.132. The van der Waals surface area contributed by atoms with Gasteiger partial charge in [-0.15, -0.1) is 0 Å². The highest BCUT2D eigenvalue weighted by Gasteiger charge is 2.25. The van der Waals surface area contributed by atoms with Crippen LogP contribution in [0.3, 0.4) is 0 Å². The molecule has 0 spiro atoms. The maximum absolute atomic E-state index is 11.4. The van der Waals surface area contributed by atoms with Crippen molar-refractivity contribution >= 4 is 5.91 Å². The van der Waals surface area contributed by atoms with Gasteiger partial charge in [0, 0.05) is 31.7 Å². The molecule has 0 radical (unpaired) electrons. The Bertz CT molecular complexity index is 186. The molecule has 0 aromatic carbocycles. The third-order valence-electron chi connectivity index (χ3n) is 2.71. The van der Waals surface area contributed by atoms with E-state index in [1.54, 1.807) is 0 Å². The summed E-state index contributed by atoms with van der Waals surface area (Å²) in [4.78, 5) is 13.7. The highest BCUT2D eigenvalue weighted by Crippen LogP contribution is 2.08. The van der Waals surface area contributed by atoms with Gasteiger partial charge in [-0.05, 0) is 20.8 Å². The van der Waals surface area contributed by atoms with E-state index in [0.29, 0.717) is 25.2 Å². The van der Waals surface area contributed by atoms with E-state index in [2.05, 4.69) is 29.4 Å². The van der Waals surface area contributed by atoms with Crippen LogP contribution in [0.25, 0.3) is 0 Å². The molecule has 14 heavy (non-hydrogen) atoms. The van der Waals surface area contributed by atoms with E-state index in [0.717, 1.165) is 13.1 Å². The van der Waals surface area contributed by atoms with Crippen LogP contribution in [-0.2, 0) is 4.79 Å². The lowest BCUT2D eigenvalue weighted by molar-refractivity contribution is -0.123. The van der Waals surface area contributed by atoms with Crippen molar-refractivity contribution in [2.45, 2.75) is 32.9 Å². The Balaban J connectivity index is 2.43. The second-order valence-corrected chi connectivity index (χ2v) is 3.98. The lowest BCUT2D eigenvalue weighted by atomic mass is 10.1. The molecule has 1 rings (SSSR count). The van der Waals surface area contributed by atoms with Crippen LogP contribution in [0, 0.1) is 0 Å². The number of amides is 1. The molecular formula is C10H21N3O. The fraction of sp³-hybridized carbons (Fsp3) is 0.900. The van der Waals surface area contributed by atoms with Crippen molar-refractivity contribution in [3.8, 4) is 0 Å². The van der Waals surface area contributed by atoms with Crippen molar-refractivity contribution in [2.24, 2.45) is 0 Å². The van der Waals surface area contributed by atoms with Gasteiger partial charge in [0.15, 0.2) is 0 Å².